The number of benzene rings is 1. The molecular weight excluding hydrogens is 258 g/mol. The Bertz CT molecular complexity index is 691. The van der Waals surface area contributed by atoms with E-state index in [0.717, 1.165) is 23.3 Å². The lowest BCUT2D eigenvalue weighted by Gasteiger charge is -2.12. The van der Waals surface area contributed by atoms with Crippen molar-refractivity contribution in [1.82, 2.24) is 9.55 Å². The van der Waals surface area contributed by atoms with Crippen molar-refractivity contribution in [1.29, 1.82) is 5.26 Å². The predicted octanol–water partition coefficient (Wildman–Crippen LogP) is 4.18. The lowest BCUT2D eigenvalue weighted by atomic mass is 10.1. The highest BCUT2D eigenvalue weighted by atomic mass is 35.5. The van der Waals surface area contributed by atoms with Gasteiger partial charge in [-0.25, -0.2) is 4.98 Å². The summed E-state index contributed by atoms with van der Waals surface area (Å²) in [4.78, 5) is 4.64. The number of hydrogen-bond acceptors (Lipinski definition) is 2. The van der Waals surface area contributed by atoms with E-state index >= 15 is 0 Å². The maximum absolute atomic E-state index is 9.06. The monoisotopic (exact) mass is 273 g/mol. The average molecular weight is 274 g/mol. The molecule has 1 aliphatic carbocycles. The van der Waals surface area contributed by atoms with E-state index in [1.54, 1.807) is 6.07 Å². The molecule has 1 aromatic carbocycles. The molecule has 0 N–H and O–H groups in total. The molecule has 1 aromatic heterocycles. The molecule has 98 valence electrons. The molecule has 3 rings (SSSR count). The van der Waals surface area contributed by atoms with Crippen LogP contribution in [0.15, 0.2) is 18.2 Å². The lowest BCUT2D eigenvalue weighted by molar-refractivity contribution is 0.535. The standard InChI is InChI=1S/C15H16ClN3/c1-9(16)14-18-11-5-4-10(8-17)6-12(11)19(14)13-7-15(13,2)3/h4-6,9,13H,7H2,1-3H3. The van der Waals surface area contributed by atoms with Crippen molar-refractivity contribution in [2.24, 2.45) is 5.41 Å². The van der Waals surface area contributed by atoms with Gasteiger partial charge in [0.05, 0.1) is 28.0 Å². The highest BCUT2D eigenvalue weighted by Gasteiger charge is 2.48. The Morgan fingerprint density at radius 1 is 1.53 bits per heavy atom. The van der Waals surface area contributed by atoms with Crippen LogP contribution in [0.25, 0.3) is 11.0 Å². The molecular formula is C15H16ClN3. The van der Waals surface area contributed by atoms with Gasteiger partial charge in [0.1, 0.15) is 5.82 Å². The Morgan fingerprint density at radius 3 is 2.74 bits per heavy atom. The maximum atomic E-state index is 9.06. The normalized spacial score (nSPS) is 22.2. The fraction of sp³-hybridized carbons (Fsp3) is 0.467. The fourth-order valence-corrected chi connectivity index (χ4v) is 2.82. The highest BCUT2D eigenvalue weighted by Crippen LogP contribution is 2.57. The topological polar surface area (TPSA) is 41.6 Å². The Labute approximate surface area is 117 Å². The molecule has 0 amide bonds. The summed E-state index contributed by atoms with van der Waals surface area (Å²) in [7, 11) is 0. The van der Waals surface area contributed by atoms with Crippen molar-refractivity contribution >= 4 is 22.6 Å². The predicted molar refractivity (Wildman–Crippen MR) is 76.2 cm³/mol. The minimum atomic E-state index is -0.130. The van der Waals surface area contributed by atoms with E-state index in [2.05, 4.69) is 29.5 Å². The third kappa shape index (κ3) is 1.91. The van der Waals surface area contributed by atoms with Gasteiger partial charge in [0, 0.05) is 6.04 Å². The molecule has 19 heavy (non-hydrogen) atoms. The van der Waals surface area contributed by atoms with Crippen LogP contribution in [0.2, 0.25) is 0 Å². The van der Waals surface area contributed by atoms with Crippen LogP contribution in [0.1, 0.15) is 50.0 Å². The molecule has 1 saturated carbocycles. The fourth-order valence-electron chi connectivity index (χ4n) is 2.67. The van der Waals surface area contributed by atoms with Gasteiger partial charge in [-0.3, -0.25) is 0 Å². The summed E-state index contributed by atoms with van der Waals surface area (Å²) in [5.74, 6) is 0.905. The summed E-state index contributed by atoms with van der Waals surface area (Å²) < 4.78 is 2.23. The first-order valence-corrected chi connectivity index (χ1v) is 6.94. The summed E-state index contributed by atoms with van der Waals surface area (Å²) in [5, 5.41) is 8.92. The van der Waals surface area contributed by atoms with E-state index in [-0.39, 0.29) is 10.8 Å². The zero-order chi connectivity index (χ0) is 13.8. The molecule has 0 spiro atoms. The molecule has 1 heterocycles. The Balaban J connectivity index is 2.26. The summed E-state index contributed by atoms with van der Waals surface area (Å²) >= 11 is 6.27. The second-order valence-electron chi connectivity index (χ2n) is 5.98. The third-order valence-corrected chi connectivity index (χ3v) is 4.17. The van der Waals surface area contributed by atoms with Crippen LogP contribution in [-0.2, 0) is 0 Å². The van der Waals surface area contributed by atoms with Crippen LogP contribution in [-0.4, -0.2) is 9.55 Å². The van der Waals surface area contributed by atoms with E-state index < -0.39 is 0 Å². The van der Waals surface area contributed by atoms with Crippen molar-refractivity contribution < 1.29 is 0 Å². The quantitative estimate of drug-likeness (QED) is 0.770. The van der Waals surface area contributed by atoms with Crippen LogP contribution in [0.5, 0.6) is 0 Å². The van der Waals surface area contributed by atoms with Gasteiger partial charge in [0.25, 0.3) is 0 Å². The van der Waals surface area contributed by atoms with Gasteiger partial charge < -0.3 is 4.57 Å². The third-order valence-electron chi connectivity index (χ3n) is 3.97. The van der Waals surface area contributed by atoms with Gasteiger partial charge in [-0.1, -0.05) is 13.8 Å². The van der Waals surface area contributed by atoms with Crippen molar-refractivity contribution in [3.63, 3.8) is 0 Å². The Kier molecular flexibility index (Phi) is 2.62. The van der Waals surface area contributed by atoms with E-state index in [0.29, 0.717) is 11.6 Å². The molecule has 3 nitrogen and oxygen atoms in total. The number of aromatic nitrogens is 2. The van der Waals surface area contributed by atoms with Gasteiger partial charge in [-0.15, -0.1) is 11.6 Å². The van der Waals surface area contributed by atoms with E-state index in [9.17, 15) is 0 Å². The molecule has 0 bridgehead atoms. The van der Waals surface area contributed by atoms with Gasteiger partial charge in [0.2, 0.25) is 0 Å². The van der Waals surface area contributed by atoms with Crippen LogP contribution in [0.4, 0.5) is 0 Å². The molecule has 0 radical (unpaired) electrons. The summed E-state index contributed by atoms with van der Waals surface area (Å²) in [6, 6.07) is 8.25. The Hall–Kier alpha value is -1.53. The second kappa shape index (κ2) is 3.98. The molecule has 4 heteroatoms. The molecule has 2 atom stereocenters. The number of halogens is 1. The van der Waals surface area contributed by atoms with Crippen LogP contribution in [0, 0.1) is 16.7 Å². The van der Waals surface area contributed by atoms with Crippen LogP contribution >= 0.6 is 11.6 Å². The maximum Gasteiger partial charge on any atom is 0.127 e. The van der Waals surface area contributed by atoms with Crippen LogP contribution < -0.4 is 0 Å². The van der Waals surface area contributed by atoms with E-state index in [1.807, 2.05) is 19.1 Å². The van der Waals surface area contributed by atoms with Gasteiger partial charge in [0.15, 0.2) is 0 Å². The zero-order valence-electron chi connectivity index (χ0n) is 11.3. The van der Waals surface area contributed by atoms with E-state index in [1.165, 1.54) is 0 Å². The molecule has 0 aliphatic heterocycles. The molecule has 1 fully saturated rings. The number of hydrogen-bond donors (Lipinski definition) is 0. The lowest BCUT2D eigenvalue weighted by Crippen LogP contribution is -2.06. The summed E-state index contributed by atoms with van der Waals surface area (Å²) in [6.07, 6.45) is 1.13. The average Bonchev–Trinajstić information content (AvgIpc) is 2.84. The second-order valence-corrected chi connectivity index (χ2v) is 6.63. The first-order valence-electron chi connectivity index (χ1n) is 6.50. The van der Waals surface area contributed by atoms with E-state index in [4.69, 9.17) is 16.9 Å². The molecule has 2 unspecified atom stereocenters. The van der Waals surface area contributed by atoms with Crippen molar-refractivity contribution in [2.45, 2.75) is 38.6 Å². The highest BCUT2D eigenvalue weighted by molar-refractivity contribution is 6.20. The van der Waals surface area contributed by atoms with Crippen molar-refractivity contribution in [2.75, 3.05) is 0 Å². The summed E-state index contributed by atoms with van der Waals surface area (Å²) in [5.41, 5.74) is 2.90. The first-order chi connectivity index (χ1) is 8.94. The number of alkyl halides is 1. The largest absolute Gasteiger partial charge is 0.323 e. The molecule has 1 aliphatic rings. The number of imidazole rings is 1. The molecule has 2 aromatic rings. The number of rotatable bonds is 2. The first kappa shape index (κ1) is 12.5. The van der Waals surface area contributed by atoms with Crippen molar-refractivity contribution in [3.05, 3.63) is 29.6 Å². The van der Waals surface area contributed by atoms with Gasteiger partial charge in [-0.05, 0) is 37.0 Å². The number of fused-ring (bicyclic) bond motifs is 1. The number of nitriles is 1. The van der Waals surface area contributed by atoms with Crippen molar-refractivity contribution in [3.8, 4) is 6.07 Å². The minimum absolute atomic E-state index is 0.130. The van der Waals surface area contributed by atoms with Crippen LogP contribution in [0.3, 0.4) is 0 Å². The number of nitrogens with zero attached hydrogens (tertiary/aromatic N) is 3. The SMILES string of the molecule is CC(Cl)c1nc2ccc(C#N)cc2n1C1CC1(C)C. The van der Waals surface area contributed by atoms with Gasteiger partial charge in [-0.2, -0.15) is 5.26 Å². The zero-order valence-corrected chi connectivity index (χ0v) is 12.1. The minimum Gasteiger partial charge on any atom is -0.323 e. The smallest absolute Gasteiger partial charge is 0.127 e. The van der Waals surface area contributed by atoms with Gasteiger partial charge >= 0.3 is 0 Å². The Morgan fingerprint density at radius 2 is 2.21 bits per heavy atom. The summed E-state index contributed by atoms with van der Waals surface area (Å²) in [6.45, 7) is 6.44. The molecule has 0 saturated heterocycles.